The van der Waals surface area contributed by atoms with E-state index >= 15 is 0 Å². The second-order valence-corrected chi connectivity index (χ2v) is 4.67. The summed E-state index contributed by atoms with van der Waals surface area (Å²) in [5.74, 6) is 1.88. The molecule has 0 spiro atoms. The molecule has 0 bridgehead atoms. The highest BCUT2D eigenvalue weighted by Gasteiger charge is 2.16. The molecule has 0 saturated carbocycles. The maximum atomic E-state index is 11.4. The first-order valence-electron chi connectivity index (χ1n) is 5.85. The van der Waals surface area contributed by atoms with E-state index in [1.165, 1.54) is 5.56 Å². The molecule has 0 radical (unpaired) electrons. The molecule has 2 rings (SSSR count). The molecule has 5 heteroatoms. The van der Waals surface area contributed by atoms with Crippen LogP contribution in [0.3, 0.4) is 0 Å². The maximum absolute atomic E-state index is 11.4. The molecule has 98 valence electrons. The molecule has 0 saturated heterocycles. The normalized spacial score (nSPS) is 12.6. The highest BCUT2D eigenvalue weighted by molar-refractivity contribution is 7.81. The SMILES string of the molecule is Cc1cc2c(cc1CCN(C)C(=O)CS)OCO2. The zero-order valence-electron chi connectivity index (χ0n) is 10.6. The molecule has 1 aliphatic rings. The largest absolute Gasteiger partial charge is 0.454 e. The van der Waals surface area contributed by atoms with E-state index in [-0.39, 0.29) is 18.5 Å². The Labute approximate surface area is 112 Å². The van der Waals surface area contributed by atoms with Crippen LogP contribution in [0.1, 0.15) is 11.1 Å². The summed E-state index contributed by atoms with van der Waals surface area (Å²) < 4.78 is 10.7. The zero-order chi connectivity index (χ0) is 13.1. The molecule has 1 heterocycles. The average molecular weight is 267 g/mol. The standard InChI is InChI=1S/C13H17NO3S/c1-9-5-11-12(17-8-16-11)6-10(9)3-4-14(2)13(15)7-18/h5-6,18H,3-4,7-8H2,1-2H3. The van der Waals surface area contributed by atoms with Crippen molar-refractivity contribution in [3.63, 3.8) is 0 Å². The lowest BCUT2D eigenvalue weighted by Gasteiger charge is -2.16. The summed E-state index contributed by atoms with van der Waals surface area (Å²) in [6, 6.07) is 3.98. The highest BCUT2D eigenvalue weighted by atomic mass is 32.1. The number of rotatable bonds is 4. The number of carbonyl (C=O) groups is 1. The smallest absolute Gasteiger partial charge is 0.232 e. The number of carbonyl (C=O) groups excluding carboxylic acids is 1. The molecular weight excluding hydrogens is 250 g/mol. The van der Waals surface area contributed by atoms with Gasteiger partial charge >= 0.3 is 0 Å². The number of hydrogen-bond acceptors (Lipinski definition) is 4. The van der Waals surface area contributed by atoms with Crippen LogP contribution in [0.15, 0.2) is 12.1 Å². The Morgan fingerprint density at radius 2 is 2.06 bits per heavy atom. The van der Waals surface area contributed by atoms with Crippen LogP contribution in [-0.4, -0.2) is 36.9 Å². The van der Waals surface area contributed by atoms with Gasteiger partial charge in [-0.15, -0.1) is 0 Å². The van der Waals surface area contributed by atoms with E-state index in [9.17, 15) is 4.79 Å². The predicted molar refractivity (Wildman–Crippen MR) is 72.5 cm³/mol. The molecule has 0 aromatic heterocycles. The van der Waals surface area contributed by atoms with Crippen molar-refractivity contribution in [1.82, 2.24) is 4.90 Å². The van der Waals surface area contributed by atoms with Crippen molar-refractivity contribution in [2.45, 2.75) is 13.3 Å². The van der Waals surface area contributed by atoms with Crippen LogP contribution in [0.4, 0.5) is 0 Å². The molecule has 1 aliphatic heterocycles. The van der Waals surface area contributed by atoms with Crippen molar-refractivity contribution in [2.24, 2.45) is 0 Å². The van der Waals surface area contributed by atoms with Gasteiger partial charge in [0.25, 0.3) is 0 Å². The third kappa shape index (κ3) is 2.72. The van der Waals surface area contributed by atoms with Crippen molar-refractivity contribution in [1.29, 1.82) is 0 Å². The number of thiol groups is 1. The Morgan fingerprint density at radius 1 is 1.39 bits per heavy atom. The molecule has 1 aromatic rings. The van der Waals surface area contributed by atoms with Crippen molar-refractivity contribution < 1.29 is 14.3 Å². The number of likely N-dealkylation sites (N-methyl/N-ethyl adjacent to an activating group) is 1. The first kappa shape index (κ1) is 13.1. The van der Waals surface area contributed by atoms with Gasteiger partial charge in [-0.05, 0) is 36.6 Å². The van der Waals surface area contributed by atoms with E-state index in [0.29, 0.717) is 6.54 Å². The van der Waals surface area contributed by atoms with E-state index in [1.807, 2.05) is 19.1 Å². The van der Waals surface area contributed by atoms with E-state index in [0.717, 1.165) is 23.5 Å². The minimum absolute atomic E-state index is 0.0386. The Hall–Kier alpha value is -1.36. The van der Waals surface area contributed by atoms with Gasteiger partial charge in [0, 0.05) is 13.6 Å². The molecule has 4 nitrogen and oxygen atoms in total. The highest BCUT2D eigenvalue weighted by Crippen LogP contribution is 2.34. The first-order chi connectivity index (χ1) is 8.61. The molecule has 0 unspecified atom stereocenters. The summed E-state index contributed by atoms with van der Waals surface area (Å²) in [7, 11) is 1.79. The Balaban J connectivity index is 2.04. The van der Waals surface area contributed by atoms with Crippen LogP contribution in [-0.2, 0) is 11.2 Å². The summed E-state index contributed by atoms with van der Waals surface area (Å²) in [5.41, 5.74) is 2.34. The van der Waals surface area contributed by atoms with Gasteiger partial charge in [0.15, 0.2) is 11.5 Å². The van der Waals surface area contributed by atoms with Crippen LogP contribution >= 0.6 is 12.6 Å². The number of aryl methyl sites for hydroxylation is 1. The molecular formula is C13H17NO3S. The lowest BCUT2D eigenvalue weighted by molar-refractivity contribution is -0.127. The topological polar surface area (TPSA) is 38.8 Å². The predicted octanol–water partition coefficient (Wildman–Crippen LogP) is 1.65. The number of hydrogen-bond donors (Lipinski definition) is 1. The fraction of sp³-hybridized carbons (Fsp3) is 0.462. The Bertz CT molecular complexity index is 462. The van der Waals surface area contributed by atoms with Crippen LogP contribution in [0.25, 0.3) is 0 Å². The average Bonchev–Trinajstić information content (AvgIpc) is 2.81. The van der Waals surface area contributed by atoms with Crippen molar-refractivity contribution >= 4 is 18.5 Å². The Morgan fingerprint density at radius 3 is 2.72 bits per heavy atom. The summed E-state index contributed by atoms with van der Waals surface area (Å²) >= 11 is 3.98. The van der Waals surface area contributed by atoms with E-state index in [2.05, 4.69) is 12.6 Å². The molecule has 0 fully saturated rings. The molecule has 0 atom stereocenters. The van der Waals surface area contributed by atoms with Crippen molar-refractivity contribution in [2.75, 3.05) is 26.1 Å². The van der Waals surface area contributed by atoms with Gasteiger partial charge in [-0.2, -0.15) is 12.6 Å². The summed E-state index contributed by atoms with van der Waals surface area (Å²) in [6.07, 6.45) is 0.804. The summed E-state index contributed by atoms with van der Waals surface area (Å²) in [4.78, 5) is 13.1. The van der Waals surface area contributed by atoms with Crippen LogP contribution in [0.2, 0.25) is 0 Å². The van der Waals surface area contributed by atoms with Crippen LogP contribution in [0.5, 0.6) is 11.5 Å². The third-order valence-corrected chi connectivity index (χ3v) is 3.38. The van der Waals surface area contributed by atoms with E-state index < -0.39 is 0 Å². The monoisotopic (exact) mass is 267 g/mol. The summed E-state index contributed by atoms with van der Waals surface area (Å²) in [5, 5.41) is 0. The molecule has 18 heavy (non-hydrogen) atoms. The lowest BCUT2D eigenvalue weighted by atomic mass is 10.0. The van der Waals surface area contributed by atoms with Gasteiger partial charge in [0.1, 0.15) is 0 Å². The fourth-order valence-corrected chi connectivity index (χ4v) is 2.13. The molecule has 0 aliphatic carbocycles. The van der Waals surface area contributed by atoms with E-state index in [4.69, 9.17) is 9.47 Å². The van der Waals surface area contributed by atoms with Gasteiger partial charge < -0.3 is 14.4 Å². The van der Waals surface area contributed by atoms with Gasteiger partial charge in [-0.1, -0.05) is 0 Å². The quantitative estimate of drug-likeness (QED) is 0.843. The Kier molecular flexibility index (Phi) is 4.01. The van der Waals surface area contributed by atoms with Gasteiger partial charge in [0.2, 0.25) is 12.7 Å². The van der Waals surface area contributed by atoms with E-state index in [1.54, 1.807) is 11.9 Å². The second kappa shape index (κ2) is 5.52. The van der Waals surface area contributed by atoms with Crippen molar-refractivity contribution in [3.8, 4) is 11.5 Å². The number of ether oxygens (including phenoxy) is 2. The first-order valence-corrected chi connectivity index (χ1v) is 6.49. The number of benzene rings is 1. The number of amides is 1. The van der Waals surface area contributed by atoms with Gasteiger partial charge in [-0.3, -0.25) is 4.79 Å². The summed E-state index contributed by atoms with van der Waals surface area (Å²) in [6.45, 7) is 3.01. The lowest BCUT2D eigenvalue weighted by Crippen LogP contribution is -2.29. The molecule has 1 amide bonds. The van der Waals surface area contributed by atoms with Crippen LogP contribution in [0, 0.1) is 6.92 Å². The maximum Gasteiger partial charge on any atom is 0.232 e. The van der Waals surface area contributed by atoms with Crippen LogP contribution < -0.4 is 9.47 Å². The van der Waals surface area contributed by atoms with Gasteiger partial charge in [0.05, 0.1) is 5.75 Å². The molecule has 0 N–H and O–H groups in total. The number of nitrogens with zero attached hydrogens (tertiary/aromatic N) is 1. The minimum Gasteiger partial charge on any atom is -0.454 e. The zero-order valence-corrected chi connectivity index (χ0v) is 11.5. The second-order valence-electron chi connectivity index (χ2n) is 4.36. The number of fused-ring (bicyclic) bond motifs is 1. The van der Waals surface area contributed by atoms with Gasteiger partial charge in [-0.25, -0.2) is 0 Å². The third-order valence-electron chi connectivity index (χ3n) is 3.11. The molecule has 1 aromatic carbocycles. The minimum atomic E-state index is 0.0386. The van der Waals surface area contributed by atoms with Crippen molar-refractivity contribution in [3.05, 3.63) is 23.3 Å². The fourth-order valence-electron chi connectivity index (χ4n) is 1.89.